The second kappa shape index (κ2) is 9.03. The lowest BCUT2D eigenvalue weighted by atomic mass is 10.1. The van der Waals surface area contributed by atoms with Crippen LogP contribution < -0.4 is 10.6 Å². The van der Waals surface area contributed by atoms with E-state index in [9.17, 15) is 14.4 Å². The second-order valence-corrected chi connectivity index (χ2v) is 5.90. The number of carbonyl (C=O) groups is 3. The maximum absolute atomic E-state index is 11.9. The van der Waals surface area contributed by atoms with Crippen LogP contribution in [-0.2, 0) is 19.1 Å². The number of urea groups is 1. The highest BCUT2D eigenvalue weighted by Gasteiger charge is 2.24. The molecular weight excluding hydrogens is 392 g/mol. The molecule has 25 heavy (non-hydrogen) atoms. The number of benzene rings is 1. The van der Waals surface area contributed by atoms with Crippen molar-refractivity contribution in [2.24, 2.45) is 0 Å². The van der Waals surface area contributed by atoms with Gasteiger partial charge in [0.2, 0.25) is 0 Å². The van der Waals surface area contributed by atoms with E-state index in [1.165, 1.54) is 6.08 Å². The Morgan fingerprint density at radius 2 is 2.12 bits per heavy atom. The zero-order valence-electron chi connectivity index (χ0n) is 13.5. The predicted molar refractivity (Wildman–Crippen MR) is 94.3 cm³/mol. The molecule has 8 heteroatoms. The molecule has 0 bridgehead atoms. The van der Waals surface area contributed by atoms with E-state index < -0.39 is 18.0 Å². The van der Waals surface area contributed by atoms with Crippen molar-refractivity contribution >= 4 is 40.0 Å². The number of halogens is 1. The SMILES string of the molecule is CCOC(=O)C1=C(COC(=O)/C=C/c2cccc(Br)c2)NC(=O)NC1. The van der Waals surface area contributed by atoms with E-state index in [4.69, 9.17) is 9.47 Å². The first-order chi connectivity index (χ1) is 12.0. The van der Waals surface area contributed by atoms with Gasteiger partial charge in [0.15, 0.2) is 0 Å². The van der Waals surface area contributed by atoms with E-state index in [0.29, 0.717) is 0 Å². The summed E-state index contributed by atoms with van der Waals surface area (Å²) in [6.45, 7) is 1.67. The minimum atomic E-state index is -0.594. The normalized spacial score (nSPS) is 14.1. The first-order valence-corrected chi connectivity index (χ1v) is 8.33. The fourth-order valence-corrected chi connectivity index (χ4v) is 2.45. The molecule has 0 radical (unpaired) electrons. The summed E-state index contributed by atoms with van der Waals surface area (Å²) in [5.74, 6) is -1.16. The molecule has 2 amide bonds. The fourth-order valence-electron chi connectivity index (χ4n) is 2.03. The average molecular weight is 409 g/mol. The first-order valence-electron chi connectivity index (χ1n) is 7.54. The van der Waals surface area contributed by atoms with Crippen LogP contribution in [0.2, 0.25) is 0 Å². The molecular formula is C17H17BrN2O5. The maximum atomic E-state index is 11.9. The highest BCUT2D eigenvalue weighted by atomic mass is 79.9. The topological polar surface area (TPSA) is 93.7 Å². The lowest BCUT2D eigenvalue weighted by molar-refractivity contribution is -0.140. The molecule has 0 unspecified atom stereocenters. The Morgan fingerprint density at radius 1 is 1.32 bits per heavy atom. The number of amides is 2. The van der Waals surface area contributed by atoms with Gasteiger partial charge in [0.05, 0.1) is 24.4 Å². The maximum Gasteiger partial charge on any atom is 0.337 e. The molecule has 132 valence electrons. The minimum Gasteiger partial charge on any atom is -0.463 e. The predicted octanol–water partition coefficient (Wildman–Crippen LogP) is 2.14. The first kappa shape index (κ1) is 18.7. The van der Waals surface area contributed by atoms with Crippen molar-refractivity contribution in [3.8, 4) is 0 Å². The lowest BCUT2D eigenvalue weighted by Crippen LogP contribution is -2.45. The number of hydrogen-bond acceptors (Lipinski definition) is 5. The zero-order valence-corrected chi connectivity index (χ0v) is 15.1. The Labute approximate surface area is 153 Å². The molecule has 0 spiro atoms. The quantitative estimate of drug-likeness (QED) is 0.555. The molecule has 1 aliphatic rings. The number of ether oxygens (including phenoxy) is 2. The van der Waals surface area contributed by atoms with Gasteiger partial charge in [0.1, 0.15) is 6.61 Å². The van der Waals surface area contributed by atoms with E-state index in [-0.39, 0.29) is 31.0 Å². The van der Waals surface area contributed by atoms with Crippen LogP contribution >= 0.6 is 15.9 Å². The summed E-state index contributed by atoms with van der Waals surface area (Å²) < 4.78 is 10.9. The Morgan fingerprint density at radius 3 is 2.84 bits per heavy atom. The van der Waals surface area contributed by atoms with Gasteiger partial charge in [-0.1, -0.05) is 28.1 Å². The van der Waals surface area contributed by atoms with Gasteiger partial charge in [-0.15, -0.1) is 0 Å². The largest absolute Gasteiger partial charge is 0.463 e. The van der Waals surface area contributed by atoms with Gasteiger partial charge in [0, 0.05) is 10.5 Å². The fraction of sp³-hybridized carbons (Fsp3) is 0.235. The van der Waals surface area contributed by atoms with Crippen molar-refractivity contribution in [3.63, 3.8) is 0 Å². The van der Waals surface area contributed by atoms with Crippen LogP contribution in [0.25, 0.3) is 6.08 Å². The Balaban J connectivity index is 2.00. The highest BCUT2D eigenvalue weighted by Crippen LogP contribution is 2.13. The van der Waals surface area contributed by atoms with Gasteiger partial charge in [-0.05, 0) is 30.7 Å². The summed E-state index contributed by atoms with van der Waals surface area (Å²) in [7, 11) is 0. The van der Waals surface area contributed by atoms with E-state index in [1.807, 2.05) is 24.3 Å². The number of esters is 2. The average Bonchev–Trinajstić information content (AvgIpc) is 2.58. The molecule has 7 nitrogen and oxygen atoms in total. The summed E-state index contributed by atoms with van der Waals surface area (Å²) in [6, 6.07) is 6.93. The molecule has 1 aliphatic heterocycles. The van der Waals surface area contributed by atoms with Crippen molar-refractivity contribution in [1.29, 1.82) is 0 Å². The monoisotopic (exact) mass is 408 g/mol. The number of nitrogens with one attached hydrogen (secondary N) is 2. The second-order valence-electron chi connectivity index (χ2n) is 4.98. The summed E-state index contributed by atoms with van der Waals surface area (Å²) in [5.41, 5.74) is 1.27. The molecule has 2 rings (SSSR count). The summed E-state index contributed by atoms with van der Waals surface area (Å²) in [4.78, 5) is 35.1. The van der Waals surface area contributed by atoms with Crippen LogP contribution in [0.4, 0.5) is 4.79 Å². The van der Waals surface area contributed by atoms with E-state index in [2.05, 4.69) is 26.6 Å². The summed E-state index contributed by atoms with van der Waals surface area (Å²) in [5, 5.41) is 4.94. The molecule has 2 N–H and O–H groups in total. The Hall–Kier alpha value is -2.61. The van der Waals surface area contributed by atoms with Gasteiger partial charge in [-0.2, -0.15) is 0 Å². The van der Waals surface area contributed by atoms with Crippen LogP contribution in [0.3, 0.4) is 0 Å². The molecule has 0 aliphatic carbocycles. The number of carbonyl (C=O) groups excluding carboxylic acids is 3. The molecule has 0 aromatic heterocycles. The van der Waals surface area contributed by atoms with Crippen molar-refractivity contribution < 1.29 is 23.9 Å². The van der Waals surface area contributed by atoms with Gasteiger partial charge in [0.25, 0.3) is 0 Å². The van der Waals surface area contributed by atoms with Crippen LogP contribution in [0.1, 0.15) is 12.5 Å². The van der Waals surface area contributed by atoms with Gasteiger partial charge in [-0.25, -0.2) is 14.4 Å². The third-order valence-corrected chi connectivity index (χ3v) is 3.69. The third kappa shape index (κ3) is 5.75. The number of hydrogen-bond donors (Lipinski definition) is 2. The Kier molecular flexibility index (Phi) is 6.76. The lowest BCUT2D eigenvalue weighted by Gasteiger charge is -2.20. The molecule has 0 saturated carbocycles. The minimum absolute atomic E-state index is 0.0193. The molecule has 1 heterocycles. The summed E-state index contributed by atoms with van der Waals surface area (Å²) >= 11 is 3.34. The van der Waals surface area contributed by atoms with Gasteiger partial charge < -0.3 is 20.1 Å². The van der Waals surface area contributed by atoms with E-state index in [0.717, 1.165) is 10.0 Å². The van der Waals surface area contributed by atoms with Crippen molar-refractivity contribution in [2.45, 2.75) is 6.92 Å². The van der Waals surface area contributed by atoms with Crippen molar-refractivity contribution in [1.82, 2.24) is 10.6 Å². The molecule has 0 atom stereocenters. The standard InChI is InChI=1S/C17H17BrN2O5/c1-2-24-16(22)13-9-19-17(23)20-14(13)10-25-15(21)7-6-11-4-3-5-12(18)8-11/h3-8H,2,9-10H2,1H3,(H2,19,20,23)/b7-6+. The van der Waals surface area contributed by atoms with Crippen molar-refractivity contribution in [3.05, 3.63) is 51.6 Å². The molecule has 0 saturated heterocycles. The van der Waals surface area contributed by atoms with E-state index >= 15 is 0 Å². The van der Waals surface area contributed by atoms with Crippen molar-refractivity contribution in [2.75, 3.05) is 19.8 Å². The van der Waals surface area contributed by atoms with E-state index in [1.54, 1.807) is 13.0 Å². The number of rotatable bonds is 6. The van der Waals surface area contributed by atoms with Crippen LogP contribution in [0.5, 0.6) is 0 Å². The van der Waals surface area contributed by atoms with Crippen LogP contribution in [0, 0.1) is 0 Å². The molecule has 1 aromatic carbocycles. The molecule has 1 aromatic rings. The Bertz CT molecular complexity index is 742. The molecule has 0 fully saturated rings. The zero-order chi connectivity index (χ0) is 18.2. The smallest absolute Gasteiger partial charge is 0.337 e. The van der Waals surface area contributed by atoms with Crippen LogP contribution in [-0.4, -0.2) is 37.7 Å². The van der Waals surface area contributed by atoms with Crippen LogP contribution in [0.15, 0.2) is 46.1 Å². The third-order valence-electron chi connectivity index (χ3n) is 3.20. The highest BCUT2D eigenvalue weighted by molar-refractivity contribution is 9.10. The van der Waals surface area contributed by atoms with Gasteiger partial charge >= 0.3 is 18.0 Å². The summed E-state index contributed by atoms with van der Waals surface area (Å²) in [6.07, 6.45) is 2.88. The van der Waals surface area contributed by atoms with Gasteiger partial charge in [-0.3, -0.25) is 0 Å².